The zero-order valence-corrected chi connectivity index (χ0v) is 11.8. The molecule has 3 N–H and O–H groups in total. The number of hydrogen-bond acceptors (Lipinski definition) is 5. The fourth-order valence-electron chi connectivity index (χ4n) is 2.06. The highest BCUT2D eigenvalue weighted by Crippen LogP contribution is 2.29. The molecule has 1 aliphatic rings. The summed E-state index contributed by atoms with van der Waals surface area (Å²) in [5.41, 5.74) is 0.106. The van der Waals surface area contributed by atoms with Gasteiger partial charge in [-0.2, -0.15) is 0 Å². The molecule has 8 nitrogen and oxygen atoms in total. The second-order valence-corrected chi connectivity index (χ2v) is 5.34. The fourth-order valence-corrected chi connectivity index (χ4v) is 2.41. The Morgan fingerprint density at radius 2 is 2.20 bits per heavy atom. The maximum Gasteiger partial charge on any atom is 0.407 e. The molecule has 1 heterocycles. The predicted octanol–water partition coefficient (Wildman–Crippen LogP) is 1.49. The van der Waals surface area contributed by atoms with Crippen LogP contribution in [0, 0.1) is 10.1 Å². The van der Waals surface area contributed by atoms with Crippen molar-refractivity contribution in [3.63, 3.8) is 0 Å². The standard InChI is InChI=1S/C11H12BrN3O5/c12-6-1-2-7(9(3-6)15(19)20)13-8-4-14(11(17)18)5-10(8)16/h1-3,8,10,13,16H,4-5H2,(H,17,18)/t8-,10-/m0/s1. The molecule has 9 heteroatoms. The first-order valence-corrected chi connectivity index (χ1v) is 6.54. The van der Waals surface area contributed by atoms with Crippen LogP contribution in [0.25, 0.3) is 0 Å². The number of carbonyl (C=O) groups is 1. The van der Waals surface area contributed by atoms with Crippen LogP contribution in [0.1, 0.15) is 0 Å². The molecule has 0 aromatic heterocycles. The molecule has 1 aliphatic heterocycles. The van der Waals surface area contributed by atoms with Crippen molar-refractivity contribution in [1.82, 2.24) is 4.90 Å². The van der Waals surface area contributed by atoms with Gasteiger partial charge in [-0.1, -0.05) is 15.9 Å². The van der Waals surface area contributed by atoms with Crippen molar-refractivity contribution in [3.8, 4) is 0 Å². The topological polar surface area (TPSA) is 116 Å². The third-order valence-corrected chi connectivity index (χ3v) is 3.55. The van der Waals surface area contributed by atoms with Gasteiger partial charge < -0.3 is 20.4 Å². The van der Waals surface area contributed by atoms with E-state index in [2.05, 4.69) is 21.2 Å². The smallest absolute Gasteiger partial charge is 0.407 e. The number of nitrogens with one attached hydrogen (secondary N) is 1. The van der Waals surface area contributed by atoms with Crippen molar-refractivity contribution in [2.24, 2.45) is 0 Å². The molecule has 1 aromatic carbocycles. The molecule has 1 saturated heterocycles. The summed E-state index contributed by atoms with van der Waals surface area (Å²) in [6.45, 7) is 0.0566. The number of aliphatic hydroxyl groups is 1. The van der Waals surface area contributed by atoms with Crippen molar-refractivity contribution in [3.05, 3.63) is 32.8 Å². The number of likely N-dealkylation sites (tertiary alicyclic amines) is 1. The Kier molecular flexibility index (Phi) is 4.09. The number of carboxylic acid groups (broad SMARTS) is 1. The van der Waals surface area contributed by atoms with Crippen LogP contribution in [0.15, 0.2) is 22.7 Å². The van der Waals surface area contributed by atoms with Crippen molar-refractivity contribution >= 4 is 33.4 Å². The van der Waals surface area contributed by atoms with Gasteiger partial charge in [-0.05, 0) is 12.1 Å². The number of nitro benzene ring substituents is 1. The second kappa shape index (κ2) is 5.63. The SMILES string of the molecule is O=C(O)N1C[C@H](Nc2ccc(Br)cc2[N+](=O)[O-])[C@@H](O)C1. The number of aliphatic hydroxyl groups excluding tert-OH is 1. The maximum atomic E-state index is 11.0. The summed E-state index contributed by atoms with van der Waals surface area (Å²) in [5, 5.41) is 32.5. The normalized spacial score (nSPS) is 21.8. The Morgan fingerprint density at radius 1 is 1.50 bits per heavy atom. The van der Waals surface area contributed by atoms with E-state index in [0.29, 0.717) is 4.47 Å². The van der Waals surface area contributed by atoms with E-state index in [1.807, 2.05) is 0 Å². The summed E-state index contributed by atoms with van der Waals surface area (Å²) in [7, 11) is 0. The molecule has 2 rings (SSSR count). The quantitative estimate of drug-likeness (QED) is 0.564. The lowest BCUT2D eigenvalue weighted by molar-refractivity contribution is -0.384. The molecule has 0 spiro atoms. The molecule has 108 valence electrons. The minimum Gasteiger partial charge on any atom is -0.465 e. The first kappa shape index (κ1) is 14.5. The number of benzene rings is 1. The van der Waals surface area contributed by atoms with Gasteiger partial charge in [0.15, 0.2) is 0 Å². The van der Waals surface area contributed by atoms with Gasteiger partial charge in [-0.25, -0.2) is 4.79 Å². The molecular weight excluding hydrogens is 334 g/mol. The highest BCUT2D eigenvalue weighted by molar-refractivity contribution is 9.10. The fraction of sp³-hybridized carbons (Fsp3) is 0.364. The number of anilines is 1. The molecule has 0 unspecified atom stereocenters. The Bertz CT molecular complexity index is 553. The lowest BCUT2D eigenvalue weighted by atomic mass is 10.2. The van der Waals surface area contributed by atoms with Gasteiger partial charge in [-0.3, -0.25) is 10.1 Å². The van der Waals surface area contributed by atoms with E-state index in [-0.39, 0.29) is 24.5 Å². The molecule has 1 aromatic rings. The zero-order chi connectivity index (χ0) is 14.9. The summed E-state index contributed by atoms with van der Waals surface area (Å²) in [5.74, 6) is 0. The third kappa shape index (κ3) is 2.99. The first-order chi connectivity index (χ1) is 9.38. The van der Waals surface area contributed by atoms with E-state index in [9.17, 15) is 20.0 Å². The first-order valence-electron chi connectivity index (χ1n) is 5.75. The lowest BCUT2D eigenvalue weighted by Gasteiger charge is -2.16. The number of β-amino-alcohol motifs (C(OH)–C–C–N with tert-alkyl or cyclic N) is 1. The highest BCUT2D eigenvalue weighted by atomic mass is 79.9. The van der Waals surface area contributed by atoms with Crippen molar-refractivity contribution in [2.75, 3.05) is 18.4 Å². The van der Waals surface area contributed by atoms with Crippen molar-refractivity contribution in [1.29, 1.82) is 0 Å². The highest BCUT2D eigenvalue weighted by Gasteiger charge is 2.34. The Hall–Kier alpha value is -1.87. The summed E-state index contributed by atoms with van der Waals surface area (Å²) >= 11 is 3.15. The number of nitro groups is 1. The number of halogens is 1. The van der Waals surface area contributed by atoms with Crippen LogP contribution in [0.2, 0.25) is 0 Å². The van der Waals surface area contributed by atoms with Crippen molar-refractivity contribution < 1.29 is 19.9 Å². The monoisotopic (exact) mass is 345 g/mol. The third-order valence-electron chi connectivity index (χ3n) is 3.06. The van der Waals surface area contributed by atoms with Crippen LogP contribution in [0.4, 0.5) is 16.2 Å². The Balaban J connectivity index is 2.18. The maximum absolute atomic E-state index is 11.0. The molecule has 0 aliphatic carbocycles. The molecular formula is C11H12BrN3O5. The van der Waals surface area contributed by atoms with E-state index in [1.54, 1.807) is 6.07 Å². The minimum absolute atomic E-state index is 0.0165. The summed E-state index contributed by atoms with van der Waals surface area (Å²) < 4.78 is 0.564. The van der Waals surface area contributed by atoms with Crippen LogP contribution < -0.4 is 5.32 Å². The summed E-state index contributed by atoms with van der Waals surface area (Å²) in [4.78, 5) is 22.3. The lowest BCUT2D eigenvalue weighted by Crippen LogP contribution is -2.32. The van der Waals surface area contributed by atoms with E-state index < -0.39 is 23.2 Å². The van der Waals surface area contributed by atoms with E-state index >= 15 is 0 Å². The number of hydrogen-bond donors (Lipinski definition) is 3. The van der Waals surface area contributed by atoms with E-state index in [1.165, 1.54) is 12.1 Å². The van der Waals surface area contributed by atoms with Gasteiger partial charge in [0.2, 0.25) is 0 Å². The molecule has 0 saturated carbocycles. The molecule has 20 heavy (non-hydrogen) atoms. The Labute approximate surface area is 122 Å². The van der Waals surface area contributed by atoms with Crippen LogP contribution >= 0.6 is 15.9 Å². The van der Waals surface area contributed by atoms with Crippen LogP contribution in [-0.2, 0) is 0 Å². The average Bonchev–Trinajstić information content (AvgIpc) is 2.73. The van der Waals surface area contributed by atoms with Gasteiger partial charge in [-0.15, -0.1) is 0 Å². The zero-order valence-electron chi connectivity index (χ0n) is 10.2. The second-order valence-electron chi connectivity index (χ2n) is 4.42. The van der Waals surface area contributed by atoms with Gasteiger partial charge in [0.25, 0.3) is 5.69 Å². The van der Waals surface area contributed by atoms with Gasteiger partial charge in [0.05, 0.1) is 23.6 Å². The molecule has 0 radical (unpaired) electrons. The molecule has 1 amide bonds. The summed E-state index contributed by atoms with van der Waals surface area (Å²) in [6.07, 6.45) is -2.03. The predicted molar refractivity (Wildman–Crippen MR) is 73.8 cm³/mol. The number of amides is 1. The van der Waals surface area contributed by atoms with Crippen molar-refractivity contribution in [2.45, 2.75) is 12.1 Å². The van der Waals surface area contributed by atoms with Gasteiger partial charge in [0, 0.05) is 17.1 Å². The largest absolute Gasteiger partial charge is 0.465 e. The molecule has 1 fully saturated rings. The van der Waals surface area contributed by atoms with E-state index in [0.717, 1.165) is 4.90 Å². The summed E-state index contributed by atoms with van der Waals surface area (Å²) in [6, 6.07) is 3.91. The Morgan fingerprint density at radius 3 is 2.75 bits per heavy atom. The van der Waals surface area contributed by atoms with Crippen LogP contribution in [0.5, 0.6) is 0 Å². The minimum atomic E-state index is -1.13. The van der Waals surface area contributed by atoms with Gasteiger partial charge >= 0.3 is 6.09 Å². The average molecular weight is 346 g/mol. The van der Waals surface area contributed by atoms with Crippen LogP contribution in [-0.4, -0.2) is 51.4 Å². The number of rotatable bonds is 3. The molecule has 0 bridgehead atoms. The van der Waals surface area contributed by atoms with Crippen LogP contribution in [0.3, 0.4) is 0 Å². The van der Waals surface area contributed by atoms with E-state index in [4.69, 9.17) is 5.11 Å². The number of nitrogens with zero attached hydrogens (tertiary/aromatic N) is 2. The van der Waals surface area contributed by atoms with Gasteiger partial charge in [0.1, 0.15) is 5.69 Å². The molecule has 2 atom stereocenters.